The third kappa shape index (κ3) is 7.11. The van der Waals surface area contributed by atoms with Gasteiger partial charge in [-0.15, -0.1) is 24.0 Å². The average Bonchev–Trinajstić information content (AvgIpc) is 2.56. The van der Waals surface area contributed by atoms with Gasteiger partial charge in [-0.3, -0.25) is 4.99 Å². The maximum Gasteiger partial charge on any atom is 0.410 e. The van der Waals surface area contributed by atoms with Crippen LogP contribution in [0.1, 0.15) is 26.3 Å². The molecule has 2 rings (SSSR count). The summed E-state index contributed by atoms with van der Waals surface area (Å²) in [5.41, 5.74) is 5.45. The number of carbonyl (C=O) groups excluding carboxylic acids is 1. The summed E-state index contributed by atoms with van der Waals surface area (Å²) in [4.78, 5) is 19.7. The first-order valence-electron chi connectivity index (χ1n) is 8.63. The molecule has 1 heterocycles. The van der Waals surface area contributed by atoms with Crippen LogP contribution < -0.4 is 5.73 Å². The highest BCUT2D eigenvalue weighted by atomic mass is 127. The molecule has 0 atom stereocenters. The number of ether oxygens (including phenoxy) is 1. The van der Waals surface area contributed by atoms with Crippen LogP contribution in [0.4, 0.5) is 13.6 Å². The van der Waals surface area contributed by atoms with Crippen LogP contribution in [0.5, 0.6) is 0 Å². The Bertz CT molecular complexity index is 652. The second kappa shape index (κ2) is 10.0. The second-order valence-electron chi connectivity index (χ2n) is 7.14. The van der Waals surface area contributed by atoms with Crippen molar-refractivity contribution in [2.75, 3.05) is 32.7 Å². The van der Waals surface area contributed by atoms with Crippen molar-refractivity contribution in [3.8, 4) is 0 Å². The summed E-state index contributed by atoms with van der Waals surface area (Å²) in [5, 5.41) is 0. The smallest absolute Gasteiger partial charge is 0.410 e. The summed E-state index contributed by atoms with van der Waals surface area (Å²) >= 11 is 0. The van der Waals surface area contributed by atoms with Gasteiger partial charge in [0.1, 0.15) is 17.2 Å². The number of nitrogens with two attached hydrogens (primary N) is 1. The lowest BCUT2D eigenvalue weighted by Crippen LogP contribution is -2.53. The highest BCUT2D eigenvalue weighted by Gasteiger charge is 2.26. The van der Waals surface area contributed by atoms with Gasteiger partial charge in [0.25, 0.3) is 0 Å². The normalized spacial score (nSPS) is 15.4. The van der Waals surface area contributed by atoms with Crippen molar-refractivity contribution in [1.82, 2.24) is 9.80 Å². The molecule has 1 saturated heterocycles. The van der Waals surface area contributed by atoms with E-state index in [9.17, 15) is 13.6 Å². The van der Waals surface area contributed by atoms with E-state index in [1.807, 2.05) is 25.7 Å². The molecule has 0 bridgehead atoms. The SMILES string of the molecule is CC(C)(C)OC(=O)N1CCN(C(N)=NCCc2c(F)cccc2F)CC1.I. The summed E-state index contributed by atoms with van der Waals surface area (Å²) in [6.45, 7) is 7.68. The van der Waals surface area contributed by atoms with Crippen LogP contribution >= 0.6 is 24.0 Å². The maximum absolute atomic E-state index is 13.6. The van der Waals surface area contributed by atoms with Gasteiger partial charge in [-0.2, -0.15) is 0 Å². The number of rotatable bonds is 3. The highest BCUT2D eigenvalue weighted by molar-refractivity contribution is 14.0. The van der Waals surface area contributed by atoms with E-state index in [1.54, 1.807) is 4.90 Å². The van der Waals surface area contributed by atoms with Gasteiger partial charge in [-0.1, -0.05) is 6.07 Å². The fraction of sp³-hybridized carbons (Fsp3) is 0.556. The number of guanidine groups is 1. The third-order valence-corrected chi connectivity index (χ3v) is 3.95. The minimum atomic E-state index is -0.579. The zero-order valence-corrected chi connectivity index (χ0v) is 18.2. The largest absolute Gasteiger partial charge is 0.444 e. The van der Waals surface area contributed by atoms with Crippen LogP contribution in [-0.4, -0.2) is 60.2 Å². The zero-order chi connectivity index (χ0) is 19.3. The molecule has 6 nitrogen and oxygen atoms in total. The zero-order valence-electron chi connectivity index (χ0n) is 15.9. The molecule has 1 amide bonds. The first-order valence-corrected chi connectivity index (χ1v) is 8.63. The van der Waals surface area contributed by atoms with E-state index in [1.165, 1.54) is 18.2 Å². The Morgan fingerprint density at radius 1 is 1.15 bits per heavy atom. The van der Waals surface area contributed by atoms with Gasteiger partial charge in [0.05, 0.1) is 0 Å². The Labute approximate surface area is 175 Å². The van der Waals surface area contributed by atoms with E-state index in [4.69, 9.17) is 10.5 Å². The van der Waals surface area contributed by atoms with Crippen LogP contribution in [-0.2, 0) is 11.2 Å². The van der Waals surface area contributed by atoms with Crippen LogP contribution in [0, 0.1) is 11.6 Å². The fourth-order valence-electron chi connectivity index (χ4n) is 2.60. The Morgan fingerprint density at radius 2 is 1.67 bits per heavy atom. The lowest BCUT2D eigenvalue weighted by atomic mass is 10.1. The third-order valence-electron chi connectivity index (χ3n) is 3.95. The summed E-state index contributed by atoms with van der Waals surface area (Å²) in [5.74, 6) is -0.847. The summed E-state index contributed by atoms with van der Waals surface area (Å²) in [7, 11) is 0. The lowest BCUT2D eigenvalue weighted by molar-refractivity contribution is 0.0186. The minimum Gasteiger partial charge on any atom is -0.444 e. The first kappa shape index (κ1) is 23.4. The molecule has 1 fully saturated rings. The van der Waals surface area contributed by atoms with Crippen LogP contribution in [0.15, 0.2) is 23.2 Å². The predicted molar refractivity (Wildman–Crippen MR) is 111 cm³/mol. The van der Waals surface area contributed by atoms with E-state index in [-0.39, 0.29) is 48.6 Å². The molecule has 1 aliphatic heterocycles. The number of hydrogen-bond donors (Lipinski definition) is 1. The lowest BCUT2D eigenvalue weighted by Gasteiger charge is -2.36. The van der Waals surface area contributed by atoms with Crippen molar-refractivity contribution in [2.45, 2.75) is 32.8 Å². The van der Waals surface area contributed by atoms with E-state index < -0.39 is 17.2 Å². The van der Waals surface area contributed by atoms with Gasteiger partial charge in [0, 0.05) is 38.3 Å². The molecular weight excluding hydrogens is 469 g/mol. The van der Waals surface area contributed by atoms with Crippen LogP contribution in [0.25, 0.3) is 0 Å². The van der Waals surface area contributed by atoms with Gasteiger partial charge in [-0.25, -0.2) is 13.6 Å². The average molecular weight is 496 g/mol. The van der Waals surface area contributed by atoms with Gasteiger partial charge < -0.3 is 20.3 Å². The highest BCUT2D eigenvalue weighted by Crippen LogP contribution is 2.13. The van der Waals surface area contributed by atoms with Gasteiger partial charge >= 0.3 is 6.09 Å². The molecule has 152 valence electrons. The molecule has 9 heteroatoms. The van der Waals surface area contributed by atoms with Gasteiger partial charge in [-0.05, 0) is 39.3 Å². The van der Waals surface area contributed by atoms with Gasteiger partial charge in [0.2, 0.25) is 0 Å². The number of nitrogens with zero attached hydrogens (tertiary/aromatic N) is 3. The molecule has 1 aliphatic rings. The number of amides is 1. The van der Waals surface area contributed by atoms with Crippen molar-refractivity contribution < 1.29 is 18.3 Å². The molecule has 2 N–H and O–H groups in total. The van der Waals surface area contributed by atoms with Crippen molar-refractivity contribution in [2.24, 2.45) is 10.7 Å². The second-order valence-corrected chi connectivity index (χ2v) is 7.14. The standard InChI is InChI=1S/C18H26F2N4O2.HI/c1-18(2,3)26-17(25)24-11-9-23(10-12-24)16(21)22-8-7-13-14(19)5-4-6-15(13)20;/h4-6H,7-12H2,1-3H3,(H2,21,22);1H. The number of halogens is 3. The van der Waals surface area contributed by atoms with E-state index >= 15 is 0 Å². The molecule has 0 aromatic heterocycles. The van der Waals surface area contributed by atoms with E-state index in [0.717, 1.165) is 0 Å². The summed E-state index contributed by atoms with van der Waals surface area (Å²) in [6, 6.07) is 3.78. The fourth-order valence-corrected chi connectivity index (χ4v) is 2.60. The topological polar surface area (TPSA) is 71.2 Å². The monoisotopic (exact) mass is 496 g/mol. The van der Waals surface area contributed by atoms with Crippen molar-refractivity contribution in [3.63, 3.8) is 0 Å². The molecule has 0 radical (unpaired) electrons. The molecule has 0 aliphatic carbocycles. The van der Waals surface area contributed by atoms with Gasteiger partial charge in [0.15, 0.2) is 5.96 Å². The molecule has 1 aromatic carbocycles. The van der Waals surface area contributed by atoms with E-state index in [2.05, 4.69) is 4.99 Å². The van der Waals surface area contributed by atoms with Crippen molar-refractivity contribution in [1.29, 1.82) is 0 Å². The van der Waals surface area contributed by atoms with E-state index in [0.29, 0.717) is 32.1 Å². The molecular formula is C18H27F2IN4O2. The maximum atomic E-state index is 13.6. The number of benzene rings is 1. The van der Waals surface area contributed by atoms with Crippen molar-refractivity contribution in [3.05, 3.63) is 35.4 Å². The Morgan fingerprint density at radius 3 is 2.19 bits per heavy atom. The molecule has 1 aromatic rings. The predicted octanol–water partition coefficient (Wildman–Crippen LogP) is 2.99. The molecule has 0 spiro atoms. The minimum absolute atomic E-state index is 0. The Balaban J connectivity index is 0.00000364. The Hall–Kier alpha value is -1.65. The number of aliphatic imine (C=N–C) groups is 1. The Kier molecular flexibility index (Phi) is 8.70. The van der Waals surface area contributed by atoms with Crippen LogP contribution in [0.2, 0.25) is 0 Å². The molecule has 0 saturated carbocycles. The first-order chi connectivity index (χ1) is 12.2. The summed E-state index contributed by atoms with van der Waals surface area (Å²) < 4.78 is 32.5. The molecule has 27 heavy (non-hydrogen) atoms. The van der Waals surface area contributed by atoms with Crippen LogP contribution in [0.3, 0.4) is 0 Å². The number of carbonyl (C=O) groups is 1. The number of piperazine rings is 1. The quantitative estimate of drug-likeness (QED) is 0.397. The summed E-state index contributed by atoms with van der Waals surface area (Å²) in [6.07, 6.45) is -0.209. The molecule has 0 unspecified atom stereocenters. The van der Waals surface area contributed by atoms with Crippen molar-refractivity contribution >= 4 is 36.0 Å². The number of hydrogen-bond acceptors (Lipinski definition) is 3.